The highest BCUT2D eigenvalue weighted by atomic mass is 35.5. The lowest BCUT2D eigenvalue weighted by atomic mass is 9.75. The van der Waals surface area contributed by atoms with Crippen LogP contribution < -0.4 is 0 Å². The Hall–Kier alpha value is -0.380. The molecule has 20 heavy (non-hydrogen) atoms. The van der Waals surface area contributed by atoms with Crippen LogP contribution in [0.2, 0.25) is 5.02 Å². The summed E-state index contributed by atoms with van der Waals surface area (Å²) < 4.78 is 6.08. The molecule has 2 fully saturated rings. The third-order valence-corrected chi connectivity index (χ3v) is 6.46. The number of hydrogen-bond acceptors (Lipinski definition) is 3. The van der Waals surface area contributed by atoms with E-state index < -0.39 is 0 Å². The number of halogens is 1. The van der Waals surface area contributed by atoms with Gasteiger partial charge in [0.2, 0.25) is 0 Å². The van der Waals surface area contributed by atoms with E-state index in [4.69, 9.17) is 16.3 Å². The Balaban J connectivity index is 1.76. The van der Waals surface area contributed by atoms with Crippen LogP contribution in [0.15, 0.2) is 5.38 Å². The van der Waals surface area contributed by atoms with Gasteiger partial charge in [0.15, 0.2) is 5.78 Å². The predicted molar refractivity (Wildman–Crippen MR) is 82.9 cm³/mol. The van der Waals surface area contributed by atoms with Crippen molar-refractivity contribution in [3.8, 4) is 0 Å². The lowest BCUT2D eigenvalue weighted by Gasteiger charge is -2.43. The van der Waals surface area contributed by atoms with E-state index in [1.165, 1.54) is 30.6 Å². The van der Waals surface area contributed by atoms with Crippen LogP contribution in [-0.4, -0.2) is 18.0 Å². The molecule has 1 unspecified atom stereocenters. The summed E-state index contributed by atoms with van der Waals surface area (Å²) in [6.07, 6.45) is 7.74. The number of Topliss-reactive ketones (excluding diaryl/α,β-unsaturated/α-hetero) is 1. The van der Waals surface area contributed by atoms with Crippen molar-refractivity contribution in [3.63, 3.8) is 0 Å². The van der Waals surface area contributed by atoms with E-state index in [1.807, 2.05) is 12.3 Å². The minimum Gasteiger partial charge on any atom is -0.375 e. The summed E-state index contributed by atoms with van der Waals surface area (Å²) >= 11 is 7.75. The molecule has 1 aliphatic carbocycles. The number of aryl methyl sites for hydroxylation is 1. The minimum absolute atomic E-state index is 0.0182. The summed E-state index contributed by atoms with van der Waals surface area (Å²) in [7, 11) is 0. The van der Waals surface area contributed by atoms with Crippen molar-refractivity contribution in [2.24, 2.45) is 5.92 Å². The second kappa shape index (κ2) is 5.78. The number of ether oxygens (including phenoxy) is 1. The SMILES string of the molecule is Cc1csc(C(=O)C2CCOC3(CCCCC3)C2)c1Cl. The zero-order valence-electron chi connectivity index (χ0n) is 11.9. The van der Waals surface area contributed by atoms with Crippen molar-refractivity contribution >= 4 is 28.7 Å². The van der Waals surface area contributed by atoms with Gasteiger partial charge in [0.1, 0.15) is 0 Å². The summed E-state index contributed by atoms with van der Waals surface area (Å²) in [5.41, 5.74) is 0.995. The van der Waals surface area contributed by atoms with Crippen LogP contribution in [0, 0.1) is 12.8 Å². The van der Waals surface area contributed by atoms with Gasteiger partial charge in [-0.2, -0.15) is 0 Å². The van der Waals surface area contributed by atoms with Gasteiger partial charge in [0.25, 0.3) is 0 Å². The highest BCUT2D eigenvalue weighted by molar-refractivity contribution is 7.13. The largest absolute Gasteiger partial charge is 0.375 e. The lowest BCUT2D eigenvalue weighted by molar-refractivity contribution is -0.111. The minimum atomic E-state index is -0.0182. The first kappa shape index (κ1) is 14.6. The number of thiophene rings is 1. The maximum absolute atomic E-state index is 12.7. The average molecular weight is 313 g/mol. The first-order valence-corrected chi connectivity index (χ1v) is 8.79. The van der Waals surface area contributed by atoms with Crippen molar-refractivity contribution in [3.05, 3.63) is 20.8 Å². The first-order valence-electron chi connectivity index (χ1n) is 7.53. The van der Waals surface area contributed by atoms with E-state index in [1.54, 1.807) is 0 Å². The van der Waals surface area contributed by atoms with Crippen molar-refractivity contribution < 1.29 is 9.53 Å². The van der Waals surface area contributed by atoms with Crippen LogP contribution in [0.1, 0.15) is 60.2 Å². The topological polar surface area (TPSA) is 26.3 Å². The Bertz CT molecular complexity index is 497. The van der Waals surface area contributed by atoms with Crippen molar-refractivity contribution in [2.45, 2.75) is 57.5 Å². The maximum atomic E-state index is 12.7. The molecule has 1 aromatic heterocycles. The van der Waals surface area contributed by atoms with Crippen LogP contribution >= 0.6 is 22.9 Å². The molecule has 1 spiro atoms. The second-order valence-electron chi connectivity index (χ2n) is 6.21. The summed E-state index contributed by atoms with van der Waals surface area (Å²) in [6.45, 7) is 2.68. The van der Waals surface area contributed by atoms with E-state index >= 15 is 0 Å². The molecule has 0 amide bonds. The van der Waals surface area contributed by atoms with Gasteiger partial charge in [-0.25, -0.2) is 0 Å². The fourth-order valence-corrected chi connectivity index (χ4v) is 4.88. The van der Waals surface area contributed by atoms with Gasteiger partial charge in [0.05, 0.1) is 15.5 Å². The zero-order chi connectivity index (χ0) is 14.2. The Morgan fingerprint density at radius 2 is 2.15 bits per heavy atom. The maximum Gasteiger partial charge on any atom is 0.177 e. The number of hydrogen-bond donors (Lipinski definition) is 0. The van der Waals surface area contributed by atoms with Crippen molar-refractivity contribution in [1.82, 2.24) is 0 Å². The quantitative estimate of drug-likeness (QED) is 0.716. The number of carbonyl (C=O) groups is 1. The van der Waals surface area contributed by atoms with Gasteiger partial charge in [0, 0.05) is 12.5 Å². The Labute approximate surface area is 129 Å². The van der Waals surface area contributed by atoms with E-state index in [2.05, 4.69) is 0 Å². The summed E-state index contributed by atoms with van der Waals surface area (Å²) in [5.74, 6) is 0.332. The van der Waals surface area contributed by atoms with Gasteiger partial charge < -0.3 is 4.74 Å². The Morgan fingerprint density at radius 3 is 2.80 bits per heavy atom. The van der Waals surface area contributed by atoms with Gasteiger partial charge in [-0.15, -0.1) is 11.3 Å². The lowest BCUT2D eigenvalue weighted by Crippen LogP contribution is -2.43. The number of carbonyl (C=O) groups excluding carboxylic acids is 1. The molecule has 0 aromatic carbocycles. The van der Waals surface area contributed by atoms with Crippen LogP contribution in [0.4, 0.5) is 0 Å². The molecule has 2 heterocycles. The summed E-state index contributed by atoms with van der Waals surface area (Å²) in [4.78, 5) is 13.5. The van der Waals surface area contributed by atoms with E-state index in [0.29, 0.717) is 5.02 Å². The molecule has 0 radical (unpaired) electrons. The monoisotopic (exact) mass is 312 g/mol. The molecule has 4 heteroatoms. The molecule has 3 rings (SSSR count). The fraction of sp³-hybridized carbons (Fsp3) is 0.688. The van der Waals surface area contributed by atoms with Gasteiger partial charge in [-0.3, -0.25) is 4.79 Å². The number of ketones is 1. The average Bonchev–Trinajstić information content (AvgIpc) is 2.79. The van der Waals surface area contributed by atoms with Crippen LogP contribution in [0.3, 0.4) is 0 Å². The third-order valence-electron chi connectivity index (χ3n) is 4.75. The molecule has 1 atom stereocenters. The van der Waals surface area contributed by atoms with Crippen molar-refractivity contribution in [2.75, 3.05) is 6.61 Å². The molecule has 0 bridgehead atoms. The second-order valence-corrected chi connectivity index (χ2v) is 7.47. The van der Waals surface area contributed by atoms with Gasteiger partial charge in [-0.1, -0.05) is 30.9 Å². The normalized spacial score (nSPS) is 25.8. The smallest absolute Gasteiger partial charge is 0.177 e. The molecule has 1 saturated carbocycles. The molecule has 0 N–H and O–H groups in total. The summed E-state index contributed by atoms with van der Waals surface area (Å²) in [5, 5.41) is 2.63. The van der Waals surface area contributed by atoms with Gasteiger partial charge in [-0.05, 0) is 43.6 Å². The Kier molecular flexibility index (Phi) is 4.21. The van der Waals surface area contributed by atoms with Crippen LogP contribution in [0.5, 0.6) is 0 Å². The third kappa shape index (κ3) is 2.68. The molecule has 1 saturated heterocycles. The molecular formula is C16H21ClO2S. The standard InChI is InChI=1S/C16H21ClO2S/c1-11-10-20-15(13(11)17)14(18)12-5-8-19-16(9-12)6-3-2-4-7-16/h10,12H,2-9H2,1H3. The van der Waals surface area contributed by atoms with E-state index in [0.717, 1.165) is 42.7 Å². The molecule has 2 aliphatic rings. The molecular weight excluding hydrogens is 292 g/mol. The highest BCUT2D eigenvalue weighted by Crippen LogP contribution is 2.42. The van der Waals surface area contributed by atoms with E-state index in [9.17, 15) is 4.79 Å². The fourth-order valence-electron chi connectivity index (χ4n) is 3.58. The van der Waals surface area contributed by atoms with E-state index in [-0.39, 0.29) is 17.3 Å². The molecule has 110 valence electrons. The van der Waals surface area contributed by atoms with Crippen LogP contribution in [0.25, 0.3) is 0 Å². The van der Waals surface area contributed by atoms with Crippen LogP contribution in [-0.2, 0) is 4.74 Å². The first-order chi connectivity index (χ1) is 9.61. The summed E-state index contributed by atoms with van der Waals surface area (Å²) in [6, 6.07) is 0. The molecule has 2 nitrogen and oxygen atoms in total. The van der Waals surface area contributed by atoms with Crippen molar-refractivity contribution in [1.29, 1.82) is 0 Å². The zero-order valence-corrected chi connectivity index (χ0v) is 13.5. The highest BCUT2D eigenvalue weighted by Gasteiger charge is 2.41. The molecule has 1 aliphatic heterocycles. The number of rotatable bonds is 2. The Morgan fingerprint density at radius 1 is 1.40 bits per heavy atom. The molecule has 1 aromatic rings. The predicted octanol–water partition coefficient (Wildman–Crippen LogP) is 5.02. The van der Waals surface area contributed by atoms with Gasteiger partial charge >= 0.3 is 0 Å².